The monoisotopic (exact) mass is 350 g/mol. The molecule has 1 amide bonds. The molecule has 0 fully saturated rings. The zero-order valence-corrected chi connectivity index (χ0v) is 12.6. The van der Waals surface area contributed by atoms with Crippen molar-refractivity contribution in [2.24, 2.45) is 0 Å². The molecule has 1 aromatic heterocycles. The van der Waals surface area contributed by atoms with E-state index in [1.807, 2.05) is 12.1 Å². The lowest BCUT2D eigenvalue weighted by Crippen LogP contribution is -2.23. The largest absolute Gasteiger partial charge is 0.493 e. The van der Waals surface area contributed by atoms with Crippen molar-refractivity contribution in [3.8, 4) is 5.75 Å². The average molecular weight is 351 g/mol. The average Bonchev–Trinajstić information content (AvgIpc) is 2.93. The second kappa shape index (κ2) is 5.81. The Bertz CT molecular complexity index is 689. The highest BCUT2D eigenvalue weighted by molar-refractivity contribution is 9.10. The topological polar surface area (TPSA) is 51.2 Å². The molecular weight excluding hydrogens is 339 g/mol. The number of halogens is 2. The second-order valence-corrected chi connectivity index (χ2v) is 5.62. The lowest BCUT2D eigenvalue weighted by atomic mass is 10.1. The number of carbonyl (C=O) groups excluding carboxylic acids is 1. The van der Waals surface area contributed by atoms with Crippen LogP contribution in [0.2, 0.25) is 0 Å². The maximum absolute atomic E-state index is 12.7. The Kier molecular flexibility index (Phi) is 3.88. The number of hydrogen-bond donors (Lipinski definition) is 1. The van der Waals surface area contributed by atoms with Crippen LogP contribution < -0.4 is 10.1 Å². The van der Waals surface area contributed by atoms with E-state index in [4.69, 9.17) is 4.74 Å². The van der Waals surface area contributed by atoms with E-state index in [0.29, 0.717) is 18.7 Å². The van der Waals surface area contributed by atoms with Crippen LogP contribution in [0, 0.1) is 5.95 Å². The summed E-state index contributed by atoms with van der Waals surface area (Å²) in [6.07, 6.45) is 2.09. The van der Waals surface area contributed by atoms with Crippen LogP contribution >= 0.6 is 15.9 Å². The predicted molar refractivity (Wildman–Crippen MR) is 78.7 cm³/mol. The van der Waals surface area contributed by atoms with E-state index < -0.39 is 5.95 Å². The number of fused-ring (bicyclic) bond motifs is 1. The summed E-state index contributed by atoms with van der Waals surface area (Å²) in [5.41, 5.74) is 2.38. The molecule has 0 radical (unpaired) electrons. The first kappa shape index (κ1) is 14.0. The molecule has 2 aromatic rings. The van der Waals surface area contributed by atoms with Crippen molar-refractivity contribution in [2.45, 2.75) is 13.0 Å². The maximum Gasteiger partial charge on any atom is 0.253 e. The molecule has 0 spiro atoms. The molecule has 4 nitrogen and oxygen atoms in total. The van der Waals surface area contributed by atoms with E-state index >= 15 is 0 Å². The third kappa shape index (κ3) is 3.05. The van der Waals surface area contributed by atoms with Crippen molar-refractivity contribution in [1.29, 1.82) is 0 Å². The molecule has 0 atom stereocenters. The molecule has 3 rings (SSSR count). The summed E-state index contributed by atoms with van der Waals surface area (Å²) in [6, 6.07) is 6.51. The van der Waals surface area contributed by atoms with E-state index in [1.54, 1.807) is 0 Å². The number of ether oxygens (including phenoxy) is 1. The molecule has 1 aromatic carbocycles. The molecule has 1 aliphatic heterocycles. The highest BCUT2D eigenvalue weighted by atomic mass is 79.9. The fourth-order valence-electron chi connectivity index (χ4n) is 2.27. The van der Waals surface area contributed by atoms with Gasteiger partial charge in [-0.1, -0.05) is 15.9 Å². The van der Waals surface area contributed by atoms with Gasteiger partial charge in [-0.3, -0.25) is 4.79 Å². The number of carbonyl (C=O) groups is 1. The lowest BCUT2D eigenvalue weighted by molar-refractivity contribution is 0.0950. The molecule has 1 N–H and O–H groups in total. The molecule has 2 heterocycles. The van der Waals surface area contributed by atoms with Crippen LogP contribution in [0.5, 0.6) is 5.75 Å². The fourth-order valence-corrected chi connectivity index (χ4v) is 2.82. The first-order valence-corrected chi connectivity index (χ1v) is 7.26. The fraction of sp³-hybridized carbons (Fsp3) is 0.200. The molecule has 0 saturated heterocycles. The van der Waals surface area contributed by atoms with E-state index in [9.17, 15) is 9.18 Å². The molecule has 0 saturated carbocycles. The van der Waals surface area contributed by atoms with Crippen molar-refractivity contribution in [3.63, 3.8) is 0 Å². The summed E-state index contributed by atoms with van der Waals surface area (Å²) in [6.45, 7) is 1.01. The number of nitrogens with zero attached hydrogens (tertiary/aromatic N) is 1. The molecule has 108 valence electrons. The first-order valence-electron chi connectivity index (χ1n) is 6.47. The Morgan fingerprint density at radius 2 is 2.29 bits per heavy atom. The van der Waals surface area contributed by atoms with Gasteiger partial charge < -0.3 is 10.1 Å². The summed E-state index contributed by atoms with van der Waals surface area (Å²) in [5.74, 6) is -0.0605. The quantitative estimate of drug-likeness (QED) is 0.866. The first-order chi connectivity index (χ1) is 10.1. The summed E-state index contributed by atoms with van der Waals surface area (Å²) in [4.78, 5) is 15.5. The SMILES string of the molecule is O=C(NCc1cc(Br)cc2c1OCC2)c1ccc(F)nc1. The molecule has 0 bridgehead atoms. The Balaban J connectivity index is 1.73. The minimum atomic E-state index is -0.607. The van der Waals surface area contributed by atoms with Crippen molar-refractivity contribution >= 4 is 21.8 Å². The number of nitrogens with one attached hydrogen (secondary N) is 1. The highest BCUT2D eigenvalue weighted by Gasteiger charge is 2.18. The van der Waals surface area contributed by atoms with Crippen LogP contribution in [-0.2, 0) is 13.0 Å². The van der Waals surface area contributed by atoms with Gasteiger partial charge in [-0.05, 0) is 29.8 Å². The van der Waals surface area contributed by atoms with E-state index in [-0.39, 0.29) is 5.91 Å². The van der Waals surface area contributed by atoms with Crippen molar-refractivity contribution in [1.82, 2.24) is 10.3 Å². The smallest absolute Gasteiger partial charge is 0.253 e. The molecule has 0 unspecified atom stereocenters. The number of amides is 1. The molecule has 1 aliphatic rings. The number of rotatable bonds is 3. The van der Waals surface area contributed by atoms with Gasteiger partial charge >= 0.3 is 0 Å². The Morgan fingerprint density at radius 3 is 3.05 bits per heavy atom. The van der Waals surface area contributed by atoms with Gasteiger partial charge in [0.1, 0.15) is 5.75 Å². The van der Waals surface area contributed by atoms with E-state index in [0.717, 1.165) is 33.8 Å². The minimum Gasteiger partial charge on any atom is -0.493 e. The van der Waals surface area contributed by atoms with Gasteiger partial charge in [-0.2, -0.15) is 4.39 Å². The van der Waals surface area contributed by atoms with Crippen LogP contribution in [0.3, 0.4) is 0 Å². The standard InChI is InChI=1S/C15H12BrFN2O2/c16-12-5-9-3-4-21-14(9)11(6-12)8-19-15(20)10-1-2-13(17)18-7-10/h1-2,5-7H,3-4,8H2,(H,19,20). The van der Waals surface area contributed by atoms with Crippen molar-refractivity contribution < 1.29 is 13.9 Å². The van der Waals surface area contributed by atoms with Crippen LogP contribution in [0.4, 0.5) is 4.39 Å². The zero-order valence-electron chi connectivity index (χ0n) is 11.0. The van der Waals surface area contributed by atoms with Gasteiger partial charge in [0.2, 0.25) is 5.95 Å². The summed E-state index contributed by atoms with van der Waals surface area (Å²) in [5, 5.41) is 2.79. The Labute approximate surface area is 129 Å². The third-order valence-corrected chi connectivity index (χ3v) is 3.71. The predicted octanol–water partition coefficient (Wildman–Crippen LogP) is 2.85. The van der Waals surface area contributed by atoms with Gasteiger partial charge in [0, 0.05) is 29.2 Å². The van der Waals surface area contributed by atoms with Crippen LogP contribution in [-0.4, -0.2) is 17.5 Å². The molecular formula is C15H12BrFN2O2. The number of aromatic nitrogens is 1. The zero-order chi connectivity index (χ0) is 14.8. The number of pyridine rings is 1. The van der Waals surface area contributed by atoms with Gasteiger partial charge in [0.05, 0.1) is 12.2 Å². The van der Waals surface area contributed by atoms with Crippen LogP contribution in [0.15, 0.2) is 34.9 Å². The Hall–Kier alpha value is -1.95. The van der Waals surface area contributed by atoms with Gasteiger partial charge in [-0.25, -0.2) is 4.98 Å². The molecule has 0 aliphatic carbocycles. The van der Waals surface area contributed by atoms with Crippen molar-refractivity contribution in [2.75, 3.05) is 6.61 Å². The minimum absolute atomic E-state index is 0.297. The van der Waals surface area contributed by atoms with E-state index in [1.165, 1.54) is 12.3 Å². The van der Waals surface area contributed by atoms with Gasteiger partial charge in [0.25, 0.3) is 5.91 Å². The van der Waals surface area contributed by atoms with Gasteiger partial charge in [-0.15, -0.1) is 0 Å². The summed E-state index contributed by atoms with van der Waals surface area (Å²) in [7, 11) is 0. The Morgan fingerprint density at radius 1 is 1.43 bits per heavy atom. The second-order valence-electron chi connectivity index (χ2n) is 4.70. The van der Waals surface area contributed by atoms with Crippen LogP contribution in [0.25, 0.3) is 0 Å². The van der Waals surface area contributed by atoms with Crippen LogP contribution in [0.1, 0.15) is 21.5 Å². The van der Waals surface area contributed by atoms with Crippen molar-refractivity contribution in [3.05, 3.63) is 57.6 Å². The van der Waals surface area contributed by atoms with Gasteiger partial charge in [0.15, 0.2) is 0 Å². The number of benzene rings is 1. The summed E-state index contributed by atoms with van der Waals surface area (Å²) < 4.78 is 19.3. The molecule has 6 heteroatoms. The molecule has 21 heavy (non-hydrogen) atoms. The van der Waals surface area contributed by atoms with E-state index in [2.05, 4.69) is 26.2 Å². The highest BCUT2D eigenvalue weighted by Crippen LogP contribution is 2.32. The normalized spacial score (nSPS) is 12.7. The number of hydrogen-bond acceptors (Lipinski definition) is 3. The maximum atomic E-state index is 12.7. The third-order valence-electron chi connectivity index (χ3n) is 3.25. The summed E-state index contributed by atoms with van der Waals surface area (Å²) >= 11 is 3.46. The lowest BCUT2D eigenvalue weighted by Gasteiger charge is -2.10.